The highest BCUT2D eigenvalue weighted by molar-refractivity contribution is 7.12. The van der Waals surface area contributed by atoms with Gasteiger partial charge in [0.05, 0.1) is 16.6 Å². The number of allylic oxidation sites excluding steroid dienone is 2. The smallest absolute Gasteiger partial charge is 0.320 e. The number of fused-ring (bicyclic) bond motifs is 1. The van der Waals surface area contributed by atoms with Crippen LogP contribution in [0.4, 0.5) is 19.1 Å². The number of nitrogens with zero attached hydrogens (tertiary/aromatic N) is 5. The second-order valence-corrected chi connectivity index (χ2v) is 6.91. The molecule has 0 fully saturated rings. The molecule has 0 bridgehead atoms. The molecule has 3 aromatic rings. The molecule has 0 spiro atoms. The molecule has 1 N–H and O–H groups in total. The van der Waals surface area contributed by atoms with Crippen molar-refractivity contribution < 1.29 is 18.0 Å². The van der Waals surface area contributed by atoms with E-state index in [2.05, 4.69) is 20.5 Å². The van der Waals surface area contributed by atoms with Gasteiger partial charge in [0.1, 0.15) is 18.1 Å². The van der Waals surface area contributed by atoms with E-state index in [0.29, 0.717) is 11.3 Å². The van der Waals surface area contributed by atoms with Crippen molar-refractivity contribution in [2.45, 2.75) is 19.1 Å². The van der Waals surface area contributed by atoms with Gasteiger partial charge in [0, 0.05) is 18.3 Å². The minimum atomic E-state index is -4.77. The van der Waals surface area contributed by atoms with Gasteiger partial charge in [-0.2, -0.15) is 28.4 Å². The first-order chi connectivity index (χ1) is 12.8. The molecule has 3 aromatic heterocycles. The molecule has 1 aliphatic heterocycles. The Balaban J connectivity index is 2.01. The van der Waals surface area contributed by atoms with Crippen LogP contribution >= 0.6 is 11.3 Å². The van der Waals surface area contributed by atoms with E-state index < -0.39 is 29.3 Å². The Labute approximate surface area is 155 Å². The predicted molar refractivity (Wildman–Crippen MR) is 91.5 cm³/mol. The number of Topliss-reactive ketones (excluding diaryl/α,β-unsaturated/α-hetero) is 1. The fraction of sp³-hybridized carbons (Fsp3) is 0.250. The number of nitrogens with one attached hydrogen (secondary N) is 1. The number of aryl methyl sites for hydroxylation is 1. The Morgan fingerprint density at radius 3 is 2.70 bits per heavy atom. The van der Waals surface area contributed by atoms with Gasteiger partial charge in [0.2, 0.25) is 11.7 Å². The van der Waals surface area contributed by atoms with Crippen LogP contribution in [0.3, 0.4) is 0 Å². The van der Waals surface area contributed by atoms with Gasteiger partial charge in [-0.15, -0.1) is 11.3 Å². The Bertz CT molecular complexity index is 1050. The monoisotopic (exact) mass is 394 g/mol. The van der Waals surface area contributed by atoms with Crippen LogP contribution in [0.1, 0.15) is 27.0 Å². The number of carbonyl (C=O) groups excluding carboxylic acids is 1. The zero-order valence-electron chi connectivity index (χ0n) is 14.2. The predicted octanol–water partition coefficient (Wildman–Crippen LogP) is 3.10. The molecule has 0 saturated heterocycles. The zero-order valence-corrected chi connectivity index (χ0v) is 15.0. The van der Waals surface area contributed by atoms with Gasteiger partial charge in [0.25, 0.3) is 0 Å². The van der Waals surface area contributed by atoms with E-state index in [4.69, 9.17) is 0 Å². The number of ketones is 1. The third-order valence-electron chi connectivity index (χ3n) is 4.44. The van der Waals surface area contributed by atoms with Gasteiger partial charge < -0.3 is 5.32 Å². The number of halogens is 3. The van der Waals surface area contributed by atoms with E-state index in [9.17, 15) is 18.0 Å². The lowest BCUT2D eigenvalue weighted by Crippen LogP contribution is -2.35. The topological polar surface area (TPSA) is 77.6 Å². The number of aromatic nitrogens is 5. The average molecular weight is 394 g/mol. The molecule has 1 atom stereocenters. The van der Waals surface area contributed by atoms with Crippen LogP contribution in [0.25, 0.3) is 0 Å². The maximum absolute atomic E-state index is 13.8. The van der Waals surface area contributed by atoms with Gasteiger partial charge in [-0.05, 0) is 18.4 Å². The minimum absolute atomic E-state index is 0.0849. The maximum Gasteiger partial charge on any atom is 0.431 e. The summed E-state index contributed by atoms with van der Waals surface area (Å²) in [4.78, 5) is 17.1. The fourth-order valence-corrected chi connectivity index (χ4v) is 3.72. The highest BCUT2D eigenvalue weighted by Crippen LogP contribution is 2.42. The molecule has 0 saturated carbocycles. The van der Waals surface area contributed by atoms with Crippen molar-refractivity contribution in [2.24, 2.45) is 7.05 Å². The molecule has 27 heavy (non-hydrogen) atoms. The summed E-state index contributed by atoms with van der Waals surface area (Å²) in [5.74, 6) is -0.794. The number of anilines is 1. The van der Waals surface area contributed by atoms with Gasteiger partial charge in [0.15, 0.2) is 0 Å². The quantitative estimate of drug-likeness (QED) is 0.691. The molecular weight excluding hydrogens is 381 g/mol. The first-order valence-electron chi connectivity index (χ1n) is 7.83. The summed E-state index contributed by atoms with van der Waals surface area (Å²) >= 11 is 1.08. The van der Waals surface area contributed by atoms with E-state index in [1.165, 1.54) is 21.6 Å². The van der Waals surface area contributed by atoms with Crippen LogP contribution in [0.2, 0.25) is 0 Å². The standard InChI is InChI=1S/C16H13F3N6OS/c1-8-9(6-21-24(8)2)12-11(13(26)10-4-3-5-27-10)14(16(17,18)19)23-15-20-7-22-25(12)15/h3-7,12H,1-2H3,(H,20,22,23)/t12-/m0/s1. The average Bonchev–Trinajstić information content (AvgIpc) is 3.35. The van der Waals surface area contributed by atoms with Gasteiger partial charge in [-0.3, -0.25) is 9.48 Å². The van der Waals surface area contributed by atoms with Crippen molar-refractivity contribution in [3.05, 3.63) is 57.4 Å². The largest absolute Gasteiger partial charge is 0.431 e. The molecule has 4 heterocycles. The van der Waals surface area contributed by atoms with Crippen molar-refractivity contribution in [1.29, 1.82) is 0 Å². The van der Waals surface area contributed by atoms with Gasteiger partial charge in [-0.25, -0.2) is 4.68 Å². The van der Waals surface area contributed by atoms with Crippen LogP contribution < -0.4 is 5.32 Å². The lowest BCUT2D eigenvalue weighted by Gasteiger charge is -2.30. The zero-order chi connectivity index (χ0) is 19.3. The van der Waals surface area contributed by atoms with E-state index in [1.54, 1.807) is 25.4 Å². The van der Waals surface area contributed by atoms with Crippen LogP contribution in [-0.2, 0) is 7.05 Å². The van der Waals surface area contributed by atoms with Crippen LogP contribution in [0, 0.1) is 6.92 Å². The Kier molecular flexibility index (Phi) is 3.91. The van der Waals surface area contributed by atoms with Gasteiger partial charge in [-0.1, -0.05) is 6.07 Å². The molecular formula is C16H13F3N6OS. The SMILES string of the molecule is Cc1c([C@H]2C(C(=O)c3cccs3)=C(C(F)(F)F)Nc3ncnn32)cnn1C. The van der Waals surface area contributed by atoms with E-state index in [0.717, 1.165) is 17.7 Å². The molecule has 140 valence electrons. The molecule has 4 rings (SSSR count). The third-order valence-corrected chi connectivity index (χ3v) is 5.31. The molecule has 0 unspecified atom stereocenters. The summed E-state index contributed by atoms with van der Waals surface area (Å²) in [6.45, 7) is 1.72. The fourth-order valence-electron chi connectivity index (χ4n) is 3.04. The van der Waals surface area contributed by atoms with Crippen molar-refractivity contribution >= 4 is 23.1 Å². The lowest BCUT2D eigenvalue weighted by atomic mass is 9.92. The van der Waals surface area contributed by atoms with Crippen molar-refractivity contribution in [1.82, 2.24) is 24.5 Å². The molecule has 0 aliphatic carbocycles. The summed E-state index contributed by atoms with van der Waals surface area (Å²) in [5.41, 5.74) is -0.484. The van der Waals surface area contributed by atoms with Crippen LogP contribution in [0.5, 0.6) is 0 Å². The summed E-state index contributed by atoms with van der Waals surface area (Å²) in [6, 6.07) is 2.02. The first kappa shape index (κ1) is 17.5. The Morgan fingerprint density at radius 2 is 2.11 bits per heavy atom. The molecule has 0 amide bonds. The number of hydrogen-bond acceptors (Lipinski definition) is 6. The summed E-state index contributed by atoms with van der Waals surface area (Å²) in [6.07, 6.45) is -2.17. The molecule has 1 aliphatic rings. The first-order valence-corrected chi connectivity index (χ1v) is 8.71. The number of alkyl halides is 3. The number of thiophene rings is 1. The number of carbonyl (C=O) groups is 1. The highest BCUT2D eigenvalue weighted by Gasteiger charge is 2.46. The molecule has 7 nitrogen and oxygen atoms in total. The Hall–Kier alpha value is -2.95. The summed E-state index contributed by atoms with van der Waals surface area (Å²) in [7, 11) is 1.68. The van der Waals surface area contributed by atoms with Crippen LogP contribution in [0.15, 0.2) is 41.3 Å². The van der Waals surface area contributed by atoms with Crippen molar-refractivity contribution in [2.75, 3.05) is 5.32 Å². The molecule has 0 aromatic carbocycles. The summed E-state index contributed by atoms with van der Waals surface area (Å²) < 4.78 is 44.3. The van der Waals surface area contributed by atoms with E-state index in [-0.39, 0.29) is 10.8 Å². The minimum Gasteiger partial charge on any atom is -0.320 e. The second kappa shape index (κ2) is 6.05. The molecule has 0 radical (unpaired) electrons. The summed E-state index contributed by atoms with van der Waals surface area (Å²) in [5, 5.41) is 12.0. The second-order valence-electron chi connectivity index (χ2n) is 5.96. The van der Waals surface area contributed by atoms with Gasteiger partial charge >= 0.3 is 6.18 Å². The lowest BCUT2D eigenvalue weighted by molar-refractivity contribution is -0.0918. The highest BCUT2D eigenvalue weighted by atomic mass is 32.1. The van der Waals surface area contributed by atoms with Crippen molar-refractivity contribution in [3.63, 3.8) is 0 Å². The van der Waals surface area contributed by atoms with Crippen molar-refractivity contribution in [3.8, 4) is 0 Å². The normalized spacial score (nSPS) is 17.0. The van der Waals surface area contributed by atoms with E-state index >= 15 is 0 Å². The Morgan fingerprint density at radius 1 is 1.33 bits per heavy atom. The third kappa shape index (κ3) is 2.74. The maximum atomic E-state index is 13.8. The number of rotatable bonds is 3. The van der Waals surface area contributed by atoms with Crippen LogP contribution in [-0.4, -0.2) is 36.5 Å². The van der Waals surface area contributed by atoms with E-state index in [1.807, 2.05) is 0 Å². The molecule has 11 heteroatoms. The number of hydrogen-bond donors (Lipinski definition) is 1.